The van der Waals surface area contributed by atoms with E-state index in [2.05, 4.69) is 39.0 Å². The molecule has 0 radical (unpaired) electrons. The van der Waals surface area contributed by atoms with E-state index < -0.39 is 0 Å². The van der Waals surface area contributed by atoms with Crippen molar-refractivity contribution >= 4 is 22.7 Å². The molecule has 2 unspecified atom stereocenters. The molecule has 2 aromatic rings. The minimum atomic E-state index is 0.476. The van der Waals surface area contributed by atoms with Crippen molar-refractivity contribution in [3.8, 4) is 12.1 Å². The van der Waals surface area contributed by atoms with Crippen molar-refractivity contribution in [3.63, 3.8) is 0 Å². The summed E-state index contributed by atoms with van der Waals surface area (Å²) in [6.45, 7) is 8.58. The standard InChI is InChI=1S/C18H20N2S2/c1-11(16-8-13(3)17(10-20)22-16)5-6-12(2)18-14(4)7-15(9-19)21-18/h7-8,11-12H,5-6H2,1-4H3. The summed E-state index contributed by atoms with van der Waals surface area (Å²) in [6.07, 6.45) is 2.21. The Morgan fingerprint density at radius 3 is 2.18 bits per heavy atom. The molecule has 0 spiro atoms. The number of thiophene rings is 2. The molecule has 0 N–H and O–H groups in total. The molecule has 0 aliphatic heterocycles. The van der Waals surface area contributed by atoms with Crippen LogP contribution >= 0.6 is 22.7 Å². The first-order valence-electron chi connectivity index (χ1n) is 7.47. The van der Waals surface area contributed by atoms with Crippen LogP contribution in [0.15, 0.2) is 12.1 Å². The van der Waals surface area contributed by atoms with Crippen LogP contribution in [-0.2, 0) is 0 Å². The highest BCUT2D eigenvalue weighted by Gasteiger charge is 2.16. The van der Waals surface area contributed by atoms with Crippen LogP contribution < -0.4 is 0 Å². The van der Waals surface area contributed by atoms with Crippen molar-refractivity contribution in [2.24, 2.45) is 0 Å². The van der Waals surface area contributed by atoms with Crippen LogP contribution in [0.3, 0.4) is 0 Å². The molecule has 0 fully saturated rings. The van der Waals surface area contributed by atoms with Crippen molar-refractivity contribution in [3.05, 3.63) is 42.8 Å². The van der Waals surface area contributed by atoms with Gasteiger partial charge in [-0.15, -0.1) is 22.7 Å². The van der Waals surface area contributed by atoms with Gasteiger partial charge in [0.25, 0.3) is 0 Å². The fourth-order valence-electron chi connectivity index (χ4n) is 2.67. The fourth-order valence-corrected chi connectivity index (χ4v) is 4.79. The number of nitriles is 2. The zero-order chi connectivity index (χ0) is 16.3. The lowest BCUT2D eigenvalue weighted by Gasteiger charge is -2.14. The van der Waals surface area contributed by atoms with E-state index in [1.165, 1.54) is 15.3 Å². The average molecular weight is 329 g/mol. The predicted octanol–water partition coefficient (Wildman–Crippen LogP) is 5.86. The van der Waals surface area contributed by atoms with Gasteiger partial charge in [-0.25, -0.2) is 0 Å². The maximum absolute atomic E-state index is 9.07. The molecule has 0 saturated carbocycles. The van der Waals surface area contributed by atoms with Crippen LogP contribution in [0.2, 0.25) is 0 Å². The second-order valence-electron chi connectivity index (χ2n) is 5.92. The Bertz CT molecular complexity index is 740. The van der Waals surface area contributed by atoms with Gasteiger partial charge in [0.15, 0.2) is 0 Å². The molecule has 22 heavy (non-hydrogen) atoms. The molecule has 0 aromatic carbocycles. The molecular formula is C18H20N2S2. The zero-order valence-electron chi connectivity index (χ0n) is 13.4. The molecule has 0 bridgehead atoms. The van der Waals surface area contributed by atoms with Crippen molar-refractivity contribution < 1.29 is 0 Å². The highest BCUT2D eigenvalue weighted by atomic mass is 32.1. The van der Waals surface area contributed by atoms with E-state index in [0.717, 1.165) is 28.2 Å². The normalized spacial score (nSPS) is 13.4. The maximum atomic E-state index is 9.07. The van der Waals surface area contributed by atoms with Gasteiger partial charge in [-0.05, 0) is 61.8 Å². The summed E-state index contributed by atoms with van der Waals surface area (Å²) in [5, 5.41) is 18.1. The van der Waals surface area contributed by atoms with E-state index in [0.29, 0.717) is 11.8 Å². The van der Waals surface area contributed by atoms with Crippen molar-refractivity contribution in [1.29, 1.82) is 10.5 Å². The SMILES string of the molecule is Cc1cc(C(C)CCC(C)c2sc(C#N)cc2C)sc1C#N. The lowest BCUT2D eigenvalue weighted by molar-refractivity contribution is 0.582. The molecule has 2 atom stereocenters. The largest absolute Gasteiger partial charge is 0.192 e. The number of hydrogen-bond donors (Lipinski definition) is 0. The number of nitrogens with zero attached hydrogens (tertiary/aromatic N) is 2. The minimum absolute atomic E-state index is 0.476. The Morgan fingerprint density at radius 1 is 0.955 bits per heavy atom. The average Bonchev–Trinajstić information content (AvgIpc) is 3.07. The molecule has 2 aromatic heterocycles. The third kappa shape index (κ3) is 3.58. The van der Waals surface area contributed by atoms with Gasteiger partial charge < -0.3 is 0 Å². The van der Waals surface area contributed by atoms with Crippen LogP contribution in [0.4, 0.5) is 0 Å². The Kier molecular flexibility index (Phi) is 5.40. The van der Waals surface area contributed by atoms with E-state index in [4.69, 9.17) is 10.5 Å². The van der Waals surface area contributed by atoms with Crippen LogP contribution in [0.1, 0.15) is 69.2 Å². The topological polar surface area (TPSA) is 47.6 Å². The van der Waals surface area contributed by atoms with Crippen molar-refractivity contribution in [2.75, 3.05) is 0 Å². The van der Waals surface area contributed by atoms with Gasteiger partial charge in [-0.2, -0.15) is 10.5 Å². The third-order valence-corrected chi connectivity index (χ3v) is 6.82. The van der Waals surface area contributed by atoms with Gasteiger partial charge in [-0.1, -0.05) is 13.8 Å². The summed E-state index contributed by atoms with van der Waals surface area (Å²) in [4.78, 5) is 4.29. The molecule has 2 heterocycles. The maximum Gasteiger partial charge on any atom is 0.110 e. The summed E-state index contributed by atoms with van der Waals surface area (Å²) in [5.74, 6) is 0.954. The Hall–Kier alpha value is -1.62. The summed E-state index contributed by atoms with van der Waals surface area (Å²) in [7, 11) is 0. The molecule has 0 amide bonds. The van der Waals surface area contributed by atoms with Gasteiger partial charge in [-0.3, -0.25) is 0 Å². The van der Waals surface area contributed by atoms with Crippen LogP contribution in [0, 0.1) is 36.5 Å². The number of hydrogen-bond acceptors (Lipinski definition) is 4. The summed E-state index contributed by atoms with van der Waals surface area (Å²) < 4.78 is 0. The number of rotatable bonds is 5. The molecular weight excluding hydrogens is 308 g/mol. The van der Waals surface area contributed by atoms with Crippen molar-refractivity contribution in [2.45, 2.75) is 52.4 Å². The second kappa shape index (κ2) is 7.09. The quantitative estimate of drug-likeness (QED) is 0.690. The Labute approximate surface area is 140 Å². The molecule has 0 saturated heterocycles. The molecule has 2 rings (SSSR count). The van der Waals surface area contributed by atoms with Gasteiger partial charge in [0.05, 0.1) is 0 Å². The molecule has 0 aliphatic rings. The van der Waals surface area contributed by atoms with E-state index in [1.807, 2.05) is 13.0 Å². The first-order chi connectivity index (χ1) is 10.5. The highest BCUT2D eigenvalue weighted by Crippen LogP contribution is 2.36. The highest BCUT2D eigenvalue weighted by molar-refractivity contribution is 7.13. The molecule has 2 nitrogen and oxygen atoms in total. The number of aryl methyl sites for hydroxylation is 2. The third-order valence-electron chi connectivity index (χ3n) is 4.07. The van der Waals surface area contributed by atoms with Crippen LogP contribution in [0.5, 0.6) is 0 Å². The predicted molar refractivity (Wildman–Crippen MR) is 93.6 cm³/mol. The van der Waals surface area contributed by atoms with E-state index >= 15 is 0 Å². The molecule has 114 valence electrons. The van der Waals surface area contributed by atoms with E-state index in [1.54, 1.807) is 22.7 Å². The molecule has 0 aliphatic carbocycles. The van der Waals surface area contributed by atoms with Crippen LogP contribution in [0.25, 0.3) is 0 Å². The fraction of sp³-hybridized carbons (Fsp3) is 0.444. The first-order valence-corrected chi connectivity index (χ1v) is 9.10. The van der Waals surface area contributed by atoms with Crippen LogP contribution in [-0.4, -0.2) is 0 Å². The van der Waals surface area contributed by atoms with Crippen molar-refractivity contribution in [1.82, 2.24) is 0 Å². The Balaban J connectivity index is 2.01. The van der Waals surface area contributed by atoms with Gasteiger partial charge in [0.1, 0.15) is 21.9 Å². The lowest BCUT2D eigenvalue weighted by Crippen LogP contribution is -1.97. The summed E-state index contributed by atoms with van der Waals surface area (Å²) >= 11 is 3.25. The summed E-state index contributed by atoms with van der Waals surface area (Å²) in [5.41, 5.74) is 2.33. The lowest BCUT2D eigenvalue weighted by atomic mass is 9.94. The van der Waals surface area contributed by atoms with Gasteiger partial charge in [0.2, 0.25) is 0 Å². The zero-order valence-corrected chi connectivity index (χ0v) is 15.1. The smallest absolute Gasteiger partial charge is 0.110 e. The van der Waals surface area contributed by atoms with Gasteiger partial charge in [0, 0.05) is 9.75 Å². The van der Waals surface area contributed by atoms with E-state index in [9.17, 15) is 0 Å². The van der Waals surface area contributed by atoms with E-state index in [-0.39, 0.29) is 0 Å². The van der Waals surface area contributed by atoms with Gasteiger partial charge >= 0.3 is 0 Å². The summed E-state index contributed by atoms with van der Waals surface area (Å²) in [6, 6.07) is 8.65. The molecule has 4 heteroatoms. The minimum Gasteiger partial charge on any atom is -0.192 e. The first kappa shape index (κ1) is 16.7. The second-order valence-corrected chi connectivity index (χ2v) is 8.09. The monoisotopic (exact) mass is 328 g/mol. The Morgan fingerprint density at radius 2 is 1.64 bits per heavy atom.